The van der Waals surface area contributed by atoms with Crippen molar-refractivity contribution in [2.45, 2.75) is 26.3 Å². The third kappa shape index (κ3) is 3.52. The third-order valence-electron chi connectivity index (χ3n) is 2.80. The molecule has 0 aliphatic rings. The molecule has 0 aliphatic carbocycles. The summed E-state index contributed by atoms with van der Waals surface area (Å²) in [7, 11) is 0. The van der Waals surface area contributed by atoms with E-state index in [-0.39, 0.29) is 6.04 Å². The van der Waals surface area contributed by atoms with Crippen LogP contribution in [0.4, 0.5) is 0 Å². The third-order valence-corrected chi connectivity index (χ3v) is 3.32. The Balaban J connectivity index is 2.32. The Bertz CT molecular complexity index is 487. The highest BCUT2D eigenvalue weighted by molar-refractivity contribution is 7.03. The number of rotatable bonds is 7. The molecule has 0 saturated heterocycles. The first-order chi connectivity index (χ1) is 9.36. The van der Waals surface area contributed by atoms with Crippen molar-refractivity contribution in [2.75, 3.05) is 13.2 Å². The van der Waals surface area contributed by atoms with Crippen molar-refractivity contribution in [3.63, 3.8) is 0 Å². The molecule has 0 saturated carbocycles. The summed E-state index contributed by atoms with van der Waals surface area (Å²) < 4.78 is 9.67. The summed E-state index contributed by atoms with van der Waals surface area (Å²) in [5.41, 5.74) is 2.07. The number of hydrogen-bond donors (Lipinski definition) is 1. The van der Waals surface area contributed by atoms with E-state index in [1.807, 2.05) is 30.5 Å². The second kappa shape index (κ2) is 7.21. The fraction of sp³-hybridized carbons (Fsp3) is 0.429. The summed E-state index contributed by atoms with van der Waals surface area (Å²) in [6.45, 7) is 5.74. The molecule has 1 aromatic heterocycles. The van der Waals surface area contributed by atoms with Crippen molar-refractivity contribution < 1.29 is 4.74 Å². The van der Waals surface area contributed by atoms with Crippen LogP contribution < -0.4 is 10.1 Å². The zero-order chi connectivity index (χ0) is 13.5. The van der Waals surface area contributed by atoms with Crippen molar-refractivity contribution >= 4 is 11.5 Å². The molecule has 19 heavy (non-hydrogen) atoms. The first-order valence-corrected chi connectivity index (χ1v) is 7.42. The molecule has 2 rings (SSSR count). The highest BCUT2D eigenvalue weighted by Crippen LogP contribution is 2.29. The maximum atomic E-state index is 5.71. The molecular weight excluding hydrogens is 258 g/mol. The Morgan fingerprint density at radius 3 is 2.84 bits per heavy atom. The first-order valence-electron chi connectivity index (χ1n) is 6.58. The molecule has 1 heterocycles. The fourth-order valence-corrected chi connectivity index (χ4v) is 2.45. The van der Waals surface area contributed by atoms with Gasteiger partial charge in [-0.25, -0.2) is 0 Å². The topological polar surface area (TPSA) is 47.0 Å². The van der Waals surface area contributed by atoms with Crippen molar-refractivity contribution in [3.8, 4) is 5.75 Å². The second-order valence-electron chi connectivity index (χ2n) is 4.19. The minimum Gasteiger partial charge on any atom is -0.494 e. The van der Waals surface area contributed by atoms with Gasteiger partial charge in [0.25, 0.3) is 0 Å². The molecule has 2 aromatic rings. The molecule has 4 nitrogen and oxygen atoms in total. The zero-order valence-electron chi connectivity index (χ0n) is 11.3. The van der Waals surface area contributed by atoms with Crippen LogP contribution in [0.15, 0.2) is 29.6 Å². The summed E-state index contributed by atoms with van der Waals surface area (Å²) in [5.74, 6) is 0.909. The van der Waals surface area contributed by atoms with E-state index in [1.54, 1.807) is 0 Å². The summed E-state index contributed by atoms with van der Waals surface area (Å²) >= 11 is 1.37. The lowest BCUT2D eigenvalue weighted by atomic mass is 10.0. The van der Waals surface area contributed by atoms with Crippen molar-refractivity contribution in [2.24, 2.45) is 0 Å². The van der Waals surface area contributed by atoms with E-state index < -0.39 is 0 Å². The van der Waals surface area contributed by atoms with Crippen LogP contribution in [-0.4, -0.2) is 22.7 Å². The minimum absolute atomic E-state index is 0.0430. The number of benzene rings is 1. The first kappa shape index (κ1) is 14.0. The van der Waals surface area contributed by atoms with E-state index >= 15 is 0 Å². The van der Waals surface area contributed by atoms with Gasteiger partial charge in [-0.3, -0.25) is 0 Å². The van der Waals surface area contributed by atoms with Gasteiger partial charge in [-0.05, 0) is 37.5 Å². The Morgan fingerprint density at radius 2 is 2.16 bits per heavy atom. The lowest BCUT2D eigenvalue weighted by Gasteiger charge is -2.19. The van der Waals surface area contributed by atoms with E-state index in [0.29, 0.717) is 6.61 Å². The number of ether oxygens (including phenoxy) is 1. The summed E-state index contributed by atoms with van der Waals surface area (Å²) in [6.07, 6.45) is 1.07. The molecule has 1 unspecified atom stereocenters. The minimum atomic E-state index is 0.0430. The molecule has 5 heteroatoms. The molecule has 0 spiro atoms. The molecule has 102 valence electrons. The van der Waals surface area contributed by atoms with Crippen LogP contribution in [0, 0.1) is 0 Å². The van der Waals surface area contributed by atoms with Gasteiger partial charge in [0.2, 0.25) is 0 Å². The molecule has 0 amide bonds. The van der Waals surface area contributed by atoms with E-state index in [9.17, 15) is 0 Å². The van der Waals surface area contributed by atoms with Crippen molar-refractivity contribution in [1.29, 1.82) is 0 Å². The zero-order valence-corrected chi connectivity index (χ0v) is 12.1. The van der Waals surface area contributed by atoms with E-state index in [2.05, 4.69) is 27.9 Å². The Labute approximate surface area is 118 Å². The van der Waals surface area contributed by atoms with E-state index in [4.69, 9.17) is 4.74 Å². The highest BCUT2D eigenvalue weighted by atomic mass is 32.1. The molecule has 1 aromatic carbocycles. The Kier molecular flexibility index (Phi) is 5.30. The lowest BCUT2D eigenvalue weighted by molar-refractivity contribution is 0.333. The van der Waals surface area contributed by atoms with E-state index in [1.165, 1.54) is 11.5 Å². The normalized spacial score (nSPS) is 12.3. The van der Waals surface area contributed by atoms with Crippen LogP contribution in [0.2, 0.25) is 0 Å². The molecule has 0 bridgehead atoms. The smallest absolute Gasteiger partial charge is 0.124 e. The quantitative estimate of drug-likeness (QED) is 0.845. The molecule has 1 N–H and O–H groups in total. The number of nitrogens with one attached hydrogen (secondary N) is 1. The molecule has 0 fully saturated rings. The Morgan fingerprint density at radius 1 is 1.32 bits per heavy atom. The maximum Gasteiger partial charge on any atom is 0.124 e. The van der Waals surface area contributed by atoms with Gasteiger partial charge in [-0.15, -0.1) is 5.10 Å². The maximum absolute atomic E-state index is 5.71. The fourth-order valence-electron chi connectivity index (χ4n) is 1.97. The lowest BCUT2D eigenvalue weighted by Crippen LogP contribution is -2.24. The SMILES string of the molecule is CCCNC(c1csnn1)c1ccccc1OCC. The van der Waals surface area contributed by atoms with Gasteiger partial charge in [0.15, 0.2) is 0 Å². The van der Waals surface area contributed by atoms with E-state index in [0.717, 1.165) is 30.0 Å². The van der Waals surface area contributed by atoms with Crippen LogP contribution >= 0.6 is 11.5 Å². The predicted molar refractivity (Wildman–Crippen MR) is 77.7 cm³/mol. The molecule has 0 aliphatic heterocycles. The average molecular weight is 277 g/mol. The molecule has 0 radical (unpaired) electrons. The van der Waals surface area contributed by atoms with Gasteiger partial charge in [-0.2, -0.15) is 0 Å². The number of aromatic nitrogens is 2. The standard InChI is InChI=1S/C14H19N3OS/c1-3-9-15-14(12-10-19-17-16-12)11-7-5-6-8-13(11)18-4-2/h5-8,10,14-15H,3-4,9H2,1-2H3. The van der Waals surface area contributed by atoms with Gasteiger partial charge in [-0.1, -0.05) is 29.6 Å². The van der Waals surface area contributed by atoms with Gasteiger partial charge in [0.05, 0.1) is 18.3 Å². The van der Waals surface area contributed by atoms with Crippen molar-refractivity contribution in [1.82, 2.24) is 14.9 Å². The van der Waals surface area contributed by atoms with Gasteiger partial charge in [0.1, 0.15) is 5.75 Å². The van der Waals surface area contributed by atoms with Gasteiger partial charge < -0.3 is 10.1 Å². The summed E-state index contributed by atoms with van der Waals surface area (Å²) in [6, 6.07) is 8.14. The average Bonchev–Trinajstić information content (AvgIpc) is 2.95. The second-order valence-corrected chi connectivity index (χ2v) is 4.80. The molecular formula is C14H19N3OS. The number of para-hydroxylation sites is 1. The largest absolute Gasteiger partial charge is 0.494 e. The number of hydrogen-bond acceptors (Lipinski definition) is 5. The van der Waals surface area contributed by atoms with Crippen LogP contribution in [0.1, 0.15) is 37.6 Å². The monoisotopic (exact) mass is 277 g/mol. The van der Waals surface area contributed by atoms with Gasteiger partial charge in [0, 0.05) is 10.9 Å². The van der Waals surface area contributed by atoms with Crippen LogP contribution in [-0.2, 0) is 0 Å². The molecule has 1 atom stereocenters. The summed E-state index contributed by atoms with van der Waals surface area (Å²) in [5, 5.41) is 9.69. The highest BCUT2D eigenvalue weighted by Gasteiger charge is 2.19. The summed E-state index contributed by atoms with van der Waals surface area (Å²) in [4.78, 5) is 0. The van der Waals surface area contributed by atoms with Crippen molar-refractivity contribution in [3.05, 3.63) is 40.9 Å². The number of nitrogens with zero attached hydrogens (tertiary/aromatic N) is 2. The van der Waals surface area contributed by atoms with Crippen LogP contribution in [0.3, 0.4) is 0 Å². The van der Waals surface area contributed by atoms with Crippen LogP contribution in [0.25, 0.3) is 0 Å². The Hall–Kier alpha value is -1.46. The predicted octanol–water partition coefficient (Wildman–Crippen LogP) is 3.03. The van der Waals surface area contributed by atoms with Gasteiger partial charge >= 0.3 is 0 Å². The van der Waals surface area contributed by atoms with Crippen LogP contribution in [0.5, 0.6) is 5.75 Å².